The van der Waals surface area contributed by atoms with Gasteiger partial charge in [-0.15, -0.1) is 0 Å². The molecule has 0 radical (unpaired) electrons. The molecule has 146 valence electrons. The largest absolute Gasteiger partial charge is 0.461 e. The molecule has 0 fully saturated rings. The summed E-state index contributed by atoms with van der Waals surface area (Å²) < 4.78 is 10.4. The first-order chi connectivity index (χ1) is 12.2. The highest BCUT2D eigenvalue weighted by atomic mass is 16.5. The number of quaternary nitrogens is 2. The van der Waals surface area contributed by atoms with Crippen LogP contribution >= 0.6 is 0 Å². The van der Waals surface area contributed by atoms with Crippen molar-refractivity contribution in [1.29, 1.82) is 0 Å². The summed E-state index contributed by atoms with van der Waals surface area (Å²) >= 11 is 0. The first-order valence-corrected chi connectivity index (χ1v) is 9.26. The zero-order valence-electron chi connectivity index (χ0n) is 16.5. The molecule has 0 spiro atoms. The second kappa shape index (κ2) is 10.9. The van der Waals surface area contributed by atoms with Gasteiger partial charge in [-0.2, -0.15) is 0 Å². The van der Waals surface area contributed by atoms with Crippen molar-refractivity contribution in [1.82, 2.24) is 0 Å². The predicted octanol–water partition coefficient (Wildman–Crippen LogP) is 0.391. The maximum Gasteiger partial charge on any atom is 0.365 e. The van der Waals surface area contributed by atoms with Gasteiger partial charge < -0.3 is 20.9 Å². The van der Waals surface area contributed by atoms with Gasteiger partial charge in [-0.1, -0.05) is 52.0 Å². The Labute approximate surface area is 156 Å². The minimum atomic E-state index is -0.425. The average molecular weight is 367 g/mol. The van der Waals surface area contributed by atoms with Crippen LogP contribution in [0.3, 0.4) is 0 Å². The molecule has 0 aromatic heterocycles. The lowest BCUT2D eigenvalue weighted by Gasteiger charge is -2.12. The van der Waals surface area contributed by atoms with Crippen molar-refractivity contribution in [2.45, 2.75) is 52.6 Å². The van der Waals surface area contributed by atoms with E-state index in [1.807, 2.05) is 52.0 Å². The molecule has 0 amide bonds. The lowest BCUT2D eigenvalue weighted by molar-refractivity contribution is -0.408. The number of hydrogen-bond donors (Lipinski definition) is 2. The van der Waals surface area contributed by atoms with E-state index in [1.54, 1.807) is 0 Å². The predicted molar refractivity (Wildman–Crippen MR) is 98.8 cm³/mol. The molecule has 0 saturated carbocycles. The summed E-state index contributed by atoms with van der Waals surface area (Å²) in [5.41, 5.74) is 9.81. The average Bonchev–Trinajstić information content (AvgIpc) is 2.58. The Kier molecular flexibility index (Phi) is 9.30. The fraction of sp³-hybridized carbons (Fsp3) is 0.600. The normalized spacial score (nSPS) is 13.5. The van der Waals surface area contributed by atoms with Gasteiger partial charge in [0.15, 0.2) is 12.1 Å². The van der Waals surface area contributed by atoms with E-state index in [2.05, 4.69) is 11.5 Å². The molecule has 6 N–H and O–H groups in total. The lowest BCUT2D eigenvalue weighted by Crippen LogP contribution is -2.66. The van der Waals surface area contributed by atoms with Gasteiger partial charge in [0, 0.05) is 12.8 Å². The van der Waals surface area contributed by atoms with Crippen LogP contribution in [0.25, 0.3) is 0 Å². The van der Waals surface area contributed by atoms with Crippen LogP contribution in [0.4, 0.5) is 0 Å². The second-order valence-electron chi connectivity index (χ2n) is 7.67. The molecule has 0 saturated heterocycles. The first-order valence-electron chi connectivity index (χ1n) is 9.26. The van der Waals surface area contributed by atoms with Crippen molar-refractivity contribution in [3.63, 3.8) is 0 Å². The molecule has 0 heterocycles. The Bertz CT molecular complexity index is 519. The van der Waals surface area contributed by atoms with Crippen molar-refractivity contribution in [3.8, 4) is 0 Å². The van der Waals surface area contributed by atoms with Crippen LogP contribution in [0.1, 0.15) is 38.8 Å². The highest BCUT2D eigenvalue weighted by Gasteiger charge is 2.21. The molecule has 6 nitrogen and oxygen atoms in total. The minimum Gasteiger partial charge on any atom is -0.461 e. The Morgan fingerprint density at radius 1 is 0.769 bits per heavy atom. The van der Waals surface area contributed by atoms with Gasteiger partial charge >= 0.3 is 11.9 Å². The van der Waals surface area contributed by atoms with Crippen molar-refractivity contribution in [2.24, 2.45) is 11.8 Å². The first kappa shape index (κ1) is 22.1. The summed E-state index contributed by atoms with van der Waals surface area (Å²) in [6.07, 6.45) is 1.06. The number of rotatable bonds is 10. The monoisotopic (exact) mass is 366 g/mol. The summed E-state index contributed by atoms with van der Waals surface area (Å²) in [7, 11) is 0. The van der Waals surface area contributed by atoms with Crippen molar-refractivity contribution in [3.05, 3.63) is 35.4 Å². The smallest absolute Gasteiger partial charge is 0.365 e. The third kappa shape index (κ3) is 8.45. The molecular formula is C20H34N2O4+2. The summed E-state index contributed by atoms with van der Waals surface area (Å²) in [5, 5.41) is 0. The fourth-order valence-corrected chi connectivity index (χ4v) is 2.28. The van der Waals surface area contributed by atoms with E-state index in [9.17, 15) is 9.59 Å². The molecular weight excluding hydrogens is 332 g/mol. The van der Waals surface area contributed by atoms with Crippen molar-refractivity contribution in [2.75, 3.05) is 13.2 Å². The summed E-state index contributed by atoms with van der Waals surface area (Å²) in [6.45, 7) is 8.83. The topological polar surface area (TPSA) is 108 Å². The molecule has 0 aliphatic rings. The van der Waals surface area contributed by atoms with E-state index in [4.69, 9.17) is 9.47 Å². The van der Waals surface area contributed by atoms with Gasteiger partial charge in [-0.05, 0) is 23.0 Å². The van der Waals surface area contributed by atoms with Gasteiger partial charge in [-0.3, -0.25) is 0 Å². The van der Waals surface area contributed by atoms with Crippen LogP contribution in [0.2, 0.25) is 0 Å². The summed E-state index contributed by atoms with van der Waals surface area (Å²) in [4.78, 5) is 23.8. The van der Waals surface area contributed by atoms with Crippen LogP contribution < -0.4 is 11.5 Å². The maximum absolute atomic E-state index is 11.9. The number of carbonyl (C=O) groups is 2. The molecule has 6 heteroatoms. The van der Waals surface area contributed by atoms with E-state index in [-0.39, 0.29) is 11.9 Å². The maximum atomic E-state index is 11.9. The molecule has 1 aromatic carbocycles. The standard InChI is InChI=1S/C20H32N2O4/c1-13(2)11-25-19(23)17(21)9-15-5-7-16(8-6-15)10-18(22)20(24)26-12-14(3)4/h5-8,13-14,17-18H,9-12,21-22H2,1-4H3/p+2/t17-,18-/m0/s1. The molecule has 0 aliphatic carbocycles. The SMILES string of the molecule is CC(C)COC(=O)[C@@H]([NH3+])Cc1ccc(C[C@H]([NH3+])C(=O)OCC(C)C)cc1. The van der Waals surface area contributed by atoms with Crippen LogP contribution in [0.5, 0.6) is 0 Å². The van der Waals surface area contributed by atoms with E-state index >= 15 is 0 Å². The third-order valence-corrected chi connectivity index (χ3v) is 3.77. The molecule has 1 rings (SSSR count). The fourth-order valence-electron chi connectivity index (χ4n) is 2.28. The Morgan fingerprint density at radius 2 is 1.08 bits per heavy atom. The summed E-state index contributed by atoms with van der Waals surface area (Å²) in [6, 6.07) is 6.97. The Balaban J connectivity index is 2.50. The third-order valence-electron chi connectivity index (χ3n) is 3.77. The van der Waals surface area contributed by atoms with Crippen LogP contribution in [0, 0.1) is 11.8 Å². The van der Waals surface area contributed by atoms with Crippen LogP contribution in [0.15, 0.2) is 24.3 Å². The number of esters is 2. The molecule has 0 aliphatic heterocycles. The van der Waals surface area contributed by atoms with Gasteiger partial charge in [0.2, 0.25) is 0 Å². The number of carbonyl (C=O) groups excluding carboxylic acids is 2. The van der Waals surface area contributed by atoms with Crippen LogP contribution in [-0.2, 0) is 31.9 Å². The second-order valence-corrected chi connectivity index (χ2v) is 7.67. The quantitative estimate of drug-likeness (QED) is 0.584. The molecule has 0 unspecified atom stereocenters. The zero-order chi connectivity index (χ0) is 19.7. The number of hydrogen-bond acceptors (Lipinski definition) is 4. The van der Waals surface area contributed by atoms with E-state index in [0.717, 1.165) is 11.1 Å². The highest BCUT2D eigenvalue weighted by Crippen LogP contribution is 2.09. The molecule has 2 atom stereocenters. The van der Waals surface area contributed by atoms with Crippen molar-refractivity contribution < 1.29 is 30.5 Å². The zero-order valence-corrected chi connectivity index (χ0v) is 16.5. The molecule has 0 bridgehead atoms. The Morgan fingerprint density at radius 3 is 1.35 bits per heavy atom. The number of ether oxygens (including phenoxy) is 2. The molecule has 1 aromatic rings. The van der Waals surface area contributed by atoms with E-state index in [1.165, 1.54) is 0 Å². The minimum absolute atomic E-state index is 0.270. The van der Waals surface area contributed by atoms with E-state index < -0.39 is 12.1 Å². The van der Waals surface area contributed by atoms with Gasteiger partial charge in [0.1, 0.15) is 0 Å². The van der Waals surface area contributed by atoms with Gasteiger partial charge in [0.25, 0.3) is 0 Å². The Hall–Kier alpha value is -1.92. The van der Waals surface area contributed by atoms with Crippen LogP contribution in [-0.4, -0.2) is 37.2 Å². The van der Waals surface area contributed by atoms with E-state index in [0.29, 0.717) is 37.9 Å². The van der Waals surface area contributed by atoms with Gasteiger partial charge in [0.05, 0.1) is 13.2 Å². The van der Waals surface area contributed by atoms with Gasteiger partial charge in [-0.25, -0.2) is 9.59 Å². The van der Waals surface area contributed by atoms with Crippen molar-refractivity contribution >= 4 is 11.9 Å². The highest BCUT2D eigenvalue weighted by molar-refractivity contribution is 5.74. The number of benzene rings is 1. The summed E-state index contributed by atoms with van der Waals surface area (Å²) in [5.74, 6) is 0.0866. The molecule has 26 heavy (non-hydrogen) atoms. The lowest BCUT2D eigenvalue weighted by atomic mass is 10.0.